The molecule has 4 heteroatoms. The Labute approximate surface area is 132 Å². The predicted octanol–water partition coefficient (Wildman–Crippen LogP) is 2.60. The Morgan fingerprint density at radius 3 is 2.77 bits per heavy atom. The van der Waals surface area contributed by atoms with Gasteiger partial charge in [0.25, 0.3) is 0 Å². The highest BCUT2D eigenvalue weighted by Crippen LogP contribution is 2.18. The molecule has 0 aromatic heterocycles. The second-order valence-electron chi connectivity index (χ2n) is 5.88. The van der Waals surface area contributed by atoms with Crippen molar-refractivity contribution in [3.8, 4) is 0 Å². The number of hydrogen-bond acceptors (Lipinski definition) is 4. The maximum atomic E-state index is 10.2. The lowest BCUT2D eigenvalue weighted by atomic mass is 10.0. The third-order valence-electron chi connectivity index (χ3n) is 3.67. The summed E-state index contributed by atoms with van der Waals surface area (Å²) >= 11 is 0. The number of benzene rings is 1. The van der Waals surface area contributed by atoms with E-state index < -0.39 is 5.60 Å². The first-order valence-corrected chi connectivity index (χ1v) is 7.51. The van der Waals surface area contributed by atoms with Crippen LogP contribution in [0.15, 0.2) is 60.8 Å². The lowest BCUT2D eigenvalue weighted by molar-refractivity contribution is 0.0224. The molecule has 118 valence electrons. The molecule has 2 rings (SSSR count). The number of nitrogens with zero attached hydrogens (tertiary/aromatic N) is 2. The monoisotopic (exact) mass is 300 g/mol. The van der Waals surface area contributed by atoms with Gasteiger partial charge in [-0.15, -0.1) is 13.2 Å². The van der Waals surface area contributed by atoms with Crippen molar-refractivity contribution in [1.82, 2.24) is 4.90 Å². The van der Waals surface area contributed by atoms with Crippen molar-refractivity contribution >= 4 is 5.71 Å². The average molecular weight is 300 g/mol. The lowest BCUT2D eigenvalue weighted by Gasteiger charge is -2.29. The summed E-state index contributed by atoms with van der Waals surface area (Å²) in [6.45, 7) is 11.1. The average Bonchev–Trinajstić information content (AvgIpc) is 2.96. The fraction of sp³-hybridized carbons (Fsp3) is 0.389. The van der Waals surface area contributed by atoms with Crippen molar-refractivity contribution in [2.24, 2.45) is 5.16 Å². The molecule has 0 radical (unpaired) electrons. The predicted molar refractivity (Wildman–Crippen MR) is 89.9 cm³/mol. The van der Waals surface area contributed by atoms with Crippen molar-refractivity contribution < 1.29 is 9.94 Å². The van der Waals surface area contributed by atoms with E-state index in [1.165, 1.54) is 0 Å². The van der Waals surface area contributed by atoms with Crippen LogP contribution in [0.25, 0.3) is 0 Å². The van der Waals surface area contributed by atoms with Gasteiger partial charge in [0.1, 0.15) is 6.10 Å². The highest BCUT2D eigenvalue weighted by molar-refractivity contribution is 6.01. The van der Waals surface area contributed by atoms with Crippen LogP contribution in [0.1, 0.15) is 18.9 Å². The number of hydrogen-bond donors (Lipinski definition) is 1. The maximum Gasteiger partial charge on any atom is 0.145 e. The van der Waals surface area contributed by atoms with E-state index in [1.54, 1.807) is 13.0 Å². The van der Waals surface area contributed by atoms with Gasteiger partial charge >= 0.3 is 0 Å². The van der Waals surface area contributed by atoms with Crippen LogP contribution in [-0.4, -0.2) is 47.1 Å². The minimum absolute atomic E-state index is 0.00392. The van der Waals surface area contributed by atoms with Gasteiger partial charge in [0.2, 0.25) is 0 Å². The summed E-state index contributed by atoms with van der Waals surface area (Å²) in [5.74, 6) is 0. The Bertz CT molecular complexity index is 537. The zero-order valence-corrected chi connectivity index (χ0v) is 13.1. The van der Waals surface area contributed by atoms with E-state index in [0.717, 1.165) is 17.7 Å². The molecule has 1 aromatic carbocycles. The van der Waals surface area contributed by atoms with E-state index >= 15 is 0 Å². The summed E-state index contributed by atoms with van der Waals surface area (Å²) in [5.41, 5.74) is 1.14. The van der Waals surface area contributed by atoms with E-state index in [4.69, 9.17) is 4.84 Å². The van der Waals surface area contributed by atoms with Crippen LogP contribution in [0, 0.1) is 0 Å². The van der Waals surface area contributed by atoms with E-state index in [2.05, 4.69) is 23.2 Å². The van der Waals surface area contributed by atoms with Crippen LogP contribution < -0.4 is 0 Å². The molecule has 2 unspecified atom stereocenters. The summed E-state index contributed by atoms with van der Waals surface area (Å²) in [6, 6.07) is 10.1. The smallest absolute Gasteiger partial charge is 0.145 e. The van der Waals surface area contributed by atoms with Gasteiger partial charge in [-0.25, -0.2) is 0 Å². The largest absolute Gasteiger partial charge is 0.390 e. The highest BCUT2D eigenvalue weighted by Gasteiger charge is 2.27. The molecular weight excluding hydrogens is 276 g/mol. The molecule has 1 aliphatic heterocycles. The van der Waals surface area contributed by atoms with Crippen molar-refractivity contribution in [1.29, 1.82) is 0 Å². The first kappa shape index (κ1) is 16.5. The van der Waals surface area contributed by atoms with Gasteiger partial charge in [-0.2, -0.15) is 0 Å². The fourth-order valence-corrected chi connectivity index (χ4v) is 2.52. The van der Waals surface area contributed by atoms with Gasteiger partial charge in [-0.05, 0) is 12.5 Å². The summed E-state index contributed by atoms with van der Waals surface area (Å²) in [7, 11) is 0. The topological polar surface area (TPSA) is 45.1 Å². The number of aliphatic hydroxyl groups is 1. The summed E-state index contributed by atoms with van der Waals surface area (Å²) in [5, 5.41) is 14.4. The Morgan fingerprint density at radius 2 is 2.14 bits per heavy atom. The molecule has 1 heterocycles. The van der Waals surface area contributed by atoms with Crippen LogP contribution >= 0.6 is 0 Å². The van der Waals surface area contributed by atoms with Crippen molar-refractivity contribution in [2.75, 3.05) is 19.6 Å². The van der Waals surface area contributed by atoms with Crippen LogP contribution in [-0.2, 0) is 4.84 Å². The molecule has 1 N–H and O–H groups in total. The molecule has 1 aromatic rings. The molecule has 0 saturated carbocycles. The summed E-state index contributed by atoms with van der Waals surface area (Å²) < 4.78 is 0. The van der Waals surface area contributed by atoms with Crippen LogP contribution in [0.5, 0.6) is 0 Å². The lowest BCUT2D eigenvalue weighted by Crippen LogP contribution is -2.43. The van der Waals surface area contributed by atoms with E-state index in [-0.39, 0.29) is 6.10 Å². The maximum absolute atomic E-state index is 10.2. The number of oxime groups is 1. The second kappa shape index (κ2) is 7.38. The molecule has 0 spiro atoms. The summed E-state index contributed by atoms with van der Waals surface area (Å²) in [4.78, 5) is 7.65. The minimum Gasteiger partial charge on any atom is -0.390 e. The highest BCUT2D eigenvalue weighted by atomic mass is 16.6. The van der Waals surface area contributed by atoms with Gasteiger partial charge in [-0.1, -0.05) is 47.6 Å². The van der Waals surface area contributed by atoms with E-state index in [1.807, 2.05) is 36.4 Å². The Morgan fingerprint density at radius 1 is 1.41 bits per heavy atom. The van der Waals surface area contributed by atoms with Gasteiger partial charge in [0, 0.05) is 26.1 Å². The van der Waals surface area contributed by atoms with Crippen molar-refractivity contribution in [3.05, 3.63) is 61.2 Å². The second-order valence-corrected chi connectivity index (χ2v) is 5.88. The van der Waals surface area contributed by atoms with Gasteiger partial charge < -0.3 is 9.94 Å². The molecule has 22 heavy (non-hydrogen) atoms. The van der Waals surface area contributed by atoms with Crippen LogP contribution in [0.2, 0.25) is 0 Å². The molecule has 2 atom stereocenters. The molecule has 0 amide bonds. The first-order chi connectivity index (χ1) is 10.5. The molecule has 0 aliphatic carbocycles. The molecule has 0 saturated heterocycles. The Hall–Kier alpha value is -1.91. The van der Waals surface area contributed by atoms with Crippen molar-refractivity contribution in [2.45, 2.75) is 25.0 Å². The standard InChI is InChI=1S/C18H24N2O2/c1-4-11-20(14-18(3,21)5-2)13-16-12-17(19-22-16)15-9-7-6-8-10-15/h4-10,16,21H,1-2,11-14H2,3H3. The van der Waals surface area contributed by atoms with Gasteiger partial charge in [0.05, 0.1) is 11.3 Å². The van der Waals surface area contributed by atoms with Crippen LogP contribution in [0.3, 0.4) is 0 Å². The Kier molecular flexibility index (Phi) is 5.52. The zero-order valence-electron chi connectivity index (χ0n) is 13.1. The molecule has 4 nitrogen and oxygen atoms in total. The first-order valence-electron chi connectivity index (χ1n) is 7.51. The Balaban J connectivity index is 1.93. The molecule has 1 aliphatic rings. The van der Waals surface area contributed by atoms with Gasteiger partial charge in [-0.3, -0.25) is 4.90 Å². The quantitative estimate of drug-likeness (QED) is 0.751. The van der Waals surface area contributed by atoms with Gasteiger partial charge in [0.15, 0.2) is 0 Å². The van der Waals surface area contributed by atoms with Crippen molar-refractivity contribution in [3.63, 3.8) is 0 Å². The molecular formula is C18H24N2O2. The fourth-order valence-electron chi connectivity index (χ4n) is 2.52. The SMILES string of the molecule is C=CCN(CC1CC(c2ccccc2)=NO1)CC(C)(O)C=C. The zero-order chi connectivity index (χ0) is 16.0. The third kappa shape index (κ3) is 4.55. The summed E-state index contributed by atoms with van der Waals surface area (Å²) in [6.07, 6.45) is 4.15. The normalized spacial score (nSPS) is 20.1. The molecule has 0 fully saturated rings. The third-order valence-corrected chi connectivity index (χ3v) is 3.67. The number of rotatable bonds is 8. The van der Waals surface area contributed by atoms with E-state index in [9.17, 15) is 5.11 Å². The minimum atomic E-state index is -0.926. The molecule has 0 bridgehead atoms. The van der Waals surface area contributed by atoms with Crippen LogP contribution in [0.4, 0.5) is 0 Å². The van der Waals surface area contributed by atoms with E-state index in [0.29, 0.717) is 19.6 Å².